The number of thiazole rings is 1. The lowest BCUT2D eigenvalue weighted by molar-refractivity contribution is 0.579. The molecule has 3 rings (SSSR count). The Labute approximate surface area is 154 Å². The van der Waals surface area contributed by atoms with Gasteiger partial charge < -0.3 is 0 Å². The van der Waals surface area contributed by atoms with E-state index in [9.17, 15) is 17.2 Å². The highest BCUT2D eigenvalue weighted by atomic mass is 32.2. The van der Waals surface area contributed by atoms with Crippen molar-refractivity contribution >= 4 is 21.4 Å². The standard InChI is InChI=1S/C18H16F2N2O2S2/c1-12-9-15(20)5-6-17(12)26(23,24)21-8-7-16-11-25-18(22-16)13-3-2-4-14(19)10-13/h2-6,9-11,21H,7-8H2,1H3. The summed E-state index contributed by atoms with van der Waals surface area (Å²) in [6.45, 7) is 1.70. The normalized spacial score (nSPS) is 11.7. The molecule has 2 aromatic carbocycles. The van der Waals surface area contributed by atoms with Gasteiger partial charge in [-0.1, -0.05) is 12.1 Å². The first-order valence-electron chi connectivity index (χ1n) is 7.81. The fraction of sp³-hybridized carbons (Fsp3) is 0.167. The zero-order valence-corrected chi connectivity index (χ0v) is 15.5. The van der Waals surface area contributed by atoms with E-state index in [4.69, 9.17) is 0 Å². The number of hydrogen-bond donors (Lipinski definition) is 1. The van der Waals surface area contributed by atoms with Crippen LogP contribution in [0.3, 0.4) is 0 Å². The molecule has 26 heavy (non-hydrogen) atoms. The molecule has 0 bridgehead atoms. The van der Waals surface area contributed by atoms with Crippen LogP contribution in [0.2, 0.25) is 0 Å². The van der Waals surface area contributed by atoms with E-state index in [1.54, 1.807) is 19.1 Å². The fourth-order valence-electron chi connectivity index (χ4n) is 2.48. The molecule has 3 aromatic rings. The third kappa shape index (κ3) is 4.32. The minimum Gasteiger partial charge on any atom is -0.241 e. The lowest BCUT2D eigenvalue weighted by Gasteiger charge is -2.08. The Kier molecular flexibility index (Phi) is 5.45. The van der Waals surface area contributed by atoms with Crippen molar-refractivity contribution in [3.63, 3.8) is 0 Å². The van der Waals surface area contributed by atoms with Crippen molar-refractivity contribution in [2.24, 2.45) is 0 Å². The quantitative estimate of drug-likeness (QED) is 0.689. The maximum atomic E-state index is 13.3. The molecule has 1 aromatic heterocycles. The molecule has 0 unspecified atom stereocenters. The Hall–Kier alpha value is -2.16. The maximum Gasteiger partial charge on any atom is 0.240 e. The summed E-state index contributed by atoms with van der Waals surface area (Å²) >= 11 is 1.37. The van der Waals surface area contributed by atoms with Crippen LogP contribution >= 0.6 is 11.3 Å². The van der Waals surface area contributed by atoms with Gasteiger partial charge in [0.2, 0.25) is 10.0 Å². The van der Waals surface area contributed by atoms with Gasteiger partial charge in [0.15, 0.2) is 0 Å². The fourth-order valence-corrected chi connectivity index (χ4v) is 4.59. The van der Waals surface area contributed by atoms with Gasteiger partial charge in [-0.15, -0.1) is 11.3 Å². The Bertz CT molecular complexity index is 1030. The van der Waals surface area contributed by atoms with Gasteiger partial charge in [0.25, 0.3) is 0 Å². The number of nitrogens with zero attached hydrogens (tertiary/aromatic N) is 1. The van der Waals surface area contributed by atoms with Crippen LogP contribution in [0.15, 0.2) is 52.7 Å². The molecule has 0 amide bonds. The van der Waals surface area contributed by atoms with Crippen molar-refractivity contribution in [1.82, 2.24) is 9.71 Å². The van der Waals surface area contributed by atoms with E-state index in [2.05, 4.69) is 9.71 Å². The van der Waals surface area contributed by atoms with Crippen LogP contribution in [0, 0.1) is 18.6 Å². The summed E-state index contributed by atoms with van der Waals surface area (Å²) in [4.78, 5) is 4.46. The molecule has 0 atom stereocenters. The SMILES string of the molecule is Cc1cc(F)ccc1S(=O)(=O)NCCc1csc(-c2cccc(F)c2)n1. The largest absolute Gasteiger partial charge is 0.241 e. The molecule has 0 aliphatic rings. The molecule has 4 nitrogen and oxygen atoms in total. The number of aryl methyl sites for hydroxylation is 1. The van der Waals surface area contributed by atoms with E-state index in [0.29, 0.717) is 28.2 Å². The molecule has 136 valence electrons. The number of hydrogen-bond acceptors (Lipinski definition) is 4. The number of sulfonamides is 1. The second-order valence-corrected chi connectivity index (χ2v) is 8.31. The monoisotopic (exact) mass is 394 g/mol. The highest BCUT2D eigenvalue weighted by Crippen LogP contribution is 2.24. The minimum atomic E-state index is -3.72. The zero-order chi connectivity index (χ0) is 18.7. The third-order valence-corrected chi connectivity index (χ3v) is 6.28. The van der Waals surface area contributed by atoms with Gasteiger partial charge >= 0.3 is 0 Å². The van der Waals surface area contributed by atoms with Crippen LogP contribution in [0.4, 0.5) is 8.78 Å². The van der Waals surface area contributed by atoms with Gasteiger partial charge in [-0.25, -0.2) is 26.9 Å². The van der Waals surface area contributed by atoms with E-state index in [-0.39, 0.29) is 17.3 Å². The smallest absolute Gasteiger partial charge is 0.240 e. The Balaban J connectivity index is 1.65. The summed E-state index contributed by atoms with van der Waals surface area (Å²) in [5.74, 6) is -0.810. The molecule has 0 fully saturated rings. The van der Waals surface area contributed by atoms with Crippen LogP contribution in [0.1, 0.15) is 11.3 Å². The lowest BCUT2D eigenvalue weighted by atomic mass is 10.2. The van der Waals surface area contributed by atoms with Crippen LogP contribution in [-0.2, 0) is 16.4 Å². The number of halogens is 2. The molecule has 0 aliphatic carbocycles. The molecule has 1 N–H and O–H groups in total. The van der Waals surface area contributed by atoms with Crippen molar-refractivity contribution in [1.29, 1.82) is 0 Å². The Morgan fingerprint density at radius 3 is 2.62 bits per heavy atom. The van der Waals surface area contributed by atoms with Gasteiger partial charge in [-0.3, -0.25) is 0 Å². The van der Waals surface area contributed by atoms with Crippen LogP contribution in [-0.4, -0.2) is 19.9 Å². The topological polar surface area (TPSA) is 59.1 Å². The van der Waals surface area contributed by atoms with E-state index >= 15 is 0 Å². The number of rotatable bonds is 6. The first-order valence-corrected chi connectivity index (χ1v) is 10.2. The third-order valence-electron chi connectivity index (χ3n) is 3.72. The van der Waals surface area contributed by atoms with Gasteiger partial charge in [-0.05, 0) is 42.8 Å². The minimum absolute atomic E-state index is 0.0534. The summed E-state index contributed by atoms with van der Waals surface area (Å²) in [7, 11) is -3.72. The lowest BCUT2D eigenvalue weighted by Crippen LogP contribution is -2.26. The molecule has 0 aliphatic heterocycles. The molecular formula is C18H16F2N2O2S2. The Morgan fingerprint density at radius 1 is 1.12 bits per heavy atom. The van der Waals surface area contributed by atoms with E-state index in [0.717, 1.165) is 6.07 Å². The molecule has 8 heteroatoms. The predicted octanol–water partition coefficient (Wildman–Crippen LogP) is 3.92. The first-order chi connectivity index (χ1) is 12.3. The summed E-state index contributed by atoms with van der Waals surface area (Å²) in [5.41, 5.74) is 1.75. The van der Waals surface area contributed by atoms with Crippen molar-refractivity contribution in [2.75, 3.05) is 6.54 Å². The number of nitrogens with one attached hydrogen (secondary N) is 1. The second-order valence-electron chi connectivity index (χ2n) is 5.71. The van der Waals surface area contributed by atoms with Crippen LogP contribution in [0.5, 0.6) is 0 Å². The summed E-state index contributed by atoms with van der Waals surface area (Å²) < 4.78 is 53.6. The molecule has 0 saturated carbocycles. The predicted molar refractivity (Wildman–Crippen MR) is 97.5 cm³/mol. The average molecular weight is 394 g/mol. The molecule has 0 saturated heterocycles. The molecule has 0 radical (unpaired) electrons. The van der Waals surface area contributed by atoms with Gasteiger partial charge in [0.05, 0.1) is 10.6 Å². The van der Waals surface area contributed by atoms with Crippen molar-refractivity contribution < 1.29 is 17.2 Å². The summed E-state index contributed by atoms with van der Waals surface area (Å²) in [6.07, 6.45) is 0.394. The van der Waals surface area contributed by atoms with Gasteiger partial charge in [0, 0.05) is 23.9 Å². The zero-order valence-electron chi connectivity index (χ0n) is 13.9. The molecule has 0 spiro atoms. The highest BCUT2D eigenvalue weighted by molar-refractivity contribution is 7.89. The van der Waals surface area contributed by atoms with Crippen LogP contribution in [0.25, 0.3) is 10.6 Å². The molecule has 1 heterocycles. The van der Waals surface area contributed by atoms with Crippen LogP contribution < -0.4 is 4.72 Å². The van der Waals surface area contributed by atoms with Crippen molar-refractivity contribution in [2.45, 2.75) is 18.2 Å². The summed E-state index contributed by atoms with van der Waals surface area (Å²) in [6, 6.07) is 9.70. The van der Waals surface area contributed by atoms with Crippen molar-refractivity contribution in [3.8, 4) is 10.6 Å². The van der Waals surface area contributed by atoms with E-state index < -0.39 is 15.8 Å². The number of benzene rings is 2. The van der Waals surface area contributed by atoms with Crippen molar-refractivity contribution in [3.05, 3.63) is 70.7 Å². The van der Waals surface area contributed by atoms with Gasteiger partial charge in [-0.2, -0.15) is 0 Å². The highest BCUT2D eigenvalue weighted by Gasteiger charge is 2.17. The number of aromatic nitrogens is 1. The Morgan fingerprint density at radius 2 is 1.88 bits per heavy atom. The first kappa shape index (κ1) is 18.6. The van der Waals surface area contributed by atoms with Gasteiger partial charge in [0.1, 0.15) is 16.6 Å². The second kappa shape index (κ2) is 7.61. The maximum absolute atomic E-state index is 13.3. The van der Waals surface area contributed by atoms with E-state index in [1.165, 1.54) is 35.6 Å². The molecular weight excluding hydrogens is 378 g/mol. The summed E-state index contributed by atoms with van der Waals surface area (Å²) in [5, 5.41) is 2.49. The average Bonchev–Trinajstić information content (AvgIpc) is 3.03. The van der Waals surface area contributed by atoms with E-state index in [1.807, 2.05) is 5.38 Å².